The monoisotopic (exact) mass is 278 g/mol. The van der Waals surface area contributed by atoms with Gasteiger partial charge in [-0.2, -0.15) is 0 Å². The molecule has 106 valence electrons. The molecule has 0 saturated heterocycles. The van der Waals surface area contributed by atoms with Crippen molar-refractivity contribution < 1.29 is 18.6 Å². The maximum absolute atomic E-state index is 13.1. The molecule has 0 heterocycles. The predicted octanol–water partition coefficient (Wildman–Crippen LogP) is 3.64. The zero-order valence-corrected chi connectivity index (χ0v) is 11.1. The largest absolute Gasteiger partial charge is 0.494 e. The van der Waals surface area contributed by atoms with Crippen molar-refractivity contribution in [2.75, 3.05) is 6.61 Å². The van der Waals surface area contributed by atoms with Gasteiger partial charge in [0.15, 0.2) is 0 Å². The second kappa shape index (κ2) is 6.48. The fourth-order valence-corrected chi connectivity index (χ4v) is 2.02. The average Bonchev–Trinajstić information content (AvgIpc) is 2.38. The van der Waals surface area contributed by atoms with Crippen LogP contribution in [0.5, 0.6) is 5.75 Å². The van der Waals surface area contributed by atoms with E-state index in [1.165, 1.54) is 12.1 Å². The van der Waals surface area contributed by atoms with Gasteiger partial charge < -0.3 is 9.84 Å². The van der Waals surface area contributed by atoms with Crippen LogP contribution in [0.3, 0.4) is 0 Å². The van der Waals surface area contributed by atoms with E-state index in [4.69, 9.17) is 4.74 Å². The van der Waals surface area contributed by atoms with E-state index in [0.717, 1.165) is 11.8 Å². The SMILES string of the molecule is CCOc1ccc(C(O)Cc2cc(F)cc(F)c2)cc1. The highest BCUT2D eigenvalue weighted by Crippen LogP contribution is 2.22. The van der Waals surface area contributed by atoms with Crippen LogP contribution in [-0.2, 0) is 6.42 Å². The van der Waals surface area contributed by atoms with Gasteiger partial charge in [0.2, 0.25) is 0 Å². The Hall–Kier alpha value is -1.94. The van der Waals surface area contributed by atoms with E-state index in [0.29, 0.717) is 17.7 Å². The van der Waals surface area contributed by atoms with Gasteiger partial charge in [-0.3, -0.25) is 0 Å². The summed E-state index contributed by atoms with van der Waals surface area (Å²) in [7, 11) is 0. The molecule has 0 aliphatic rings. The van der Waals surface area contributed by atoms with Crippen LogP contribution in [0.1, 0.15) is 24.2 Å². The first-order valence-corrected chi connectivity index (χ1v) is 6.44. The van der Waals surface area contributed by atoms with Crippen LogP contribution in [0.2, 0.25) is 0 Å². The Morgan fingerprint density at radius 3 is 2.20 bits per heavy atom. The first-order chi connectivity index (χ1) is 9.58. The van der Waals surface area contributed by atoms with Crippen LogP contribution in [0, 0.1) is 11.6 Å². The van der Waals surface area contributed by atoms with Crippen LogP contribution < -0.4 is 4.74 Å². The van der Waals surface area contributed by atoms with Gasteiger partial charge in [0.05, 0.1) is 12.7 Å². The van der Waals surface area contributed by atoms with Crippen molar-refractivity contribution >= 4 is 0 Å². The van der Waals surface area contributed by atoms with E-state index in [-0.39, 0.29) is 6.42 Å². The van der Waals surface area contributed by atoms with Crippen molar-refractivity contribution in [1.29, 1.82) is 0 Å². The van der Waals surface area contributed by atoms with E-state index in [2.05, 4.69) is 0 Å². The molecule has 0 fully saturated rings. The maximum atomic E-state index is 13.1. The molecule has 1 N–H and O–H groups in total. The zero-order chi connectivity index (χ0) is 14.5. The summed E-state index contributed by atoms with van der Waals surface area (Å²) in [4.78, 5) is 0. The van der Waals surface area contributed by atoms with Gasteiger partial charge in [-0.1, -0.05) is 12.1 Å². The quantitative estimate of drug-likeness (QED) is 0.904. The molecular weight excluding hydrogens is 262 g/mol. The van der Waals surface area contributed by atoms with Gasteiger partial charge in [-0.25, -0.2) is 8.78 Å². The van der Waals surface area contributed by atoms with Gasteiger partial charge in [0.1, 0.15) is 17.4 Å². The van der Waals surface area contributed by atoms with Crippen molar-refractivity contribution in [3.05, 3.63) is 65.2 Å². The van der Waals surface area contributed by atoms with E-state index in [9.17, 15) is 13.9 Å². The summed E-state index contributed by atoms with van der Waals surface area (Å²) in [5.41, 5.74) is 1.10. The number of hydrogen-bond acceptors (Lipinski definition) is 2. The van der Waals surface area contributed by atoms with Crippen LogP contribution in [-0.4, -0.2) is 11.7 Å². The summed E-state index contributed by atoms with van der Waals surface area (Å²) in [5.74, 6) is -0.557. The molecule has 0 aliphatic carbocycles. The fraction of sp³-hybridized carbons (Fsp3) is 0.250. The summed E-state index contributed by atoms with van der Waals surface area (Å²) in [6, 6.07) is 10.3. The van der Waals surface area contributed by atoms with E-state index < -0.39 is 17.7 Å². The van der Waals surface area contributed by atoms with Gasteiger partial charge in [0.25, 0.3) is 0 Å². The first kappa shape index (κ1) is 14.5. The molecule has 0 spiro atoms. The van der Waals surface area contributed by atoms with E-state index >= 15 is 0 Å². The van der Waals surface area contributed by atoms with Crippen LogP contribution in [0.15, 0.2) is 42.5 Å². The molecule has 0 bridgehead atoms. The predicted molar refractivity (Wildman–Crippen MR) is 72.6 cm³/mol. The highest BCUT2D eigenvalue weighted by molar-refractivity contribution is 5.30. The fourth-order valence-electron chi connectivity index (χ4n) is 2.02. The minimum absolute atomic E-state index is 0.155. The average molecular weight is 278 g/mol. The summed E-state index contributed by atoms with van der Waals surface area (Å²) in [6.07, 6.45) is -0.658. The number of benzene rings is 2. The molecule has 2 nitrogen and oxygen atoms in total. The van der Waals surface area contributed by atoms with Crippen molar-refractivity contribution in [2.45, 2.75) is 19.4 Å². The molecule has 1 atom stereocenters. The summed E-state index contributed by atoms with van der Waals surface area (Å²) < 4.78 is 31.5. The van der Waals surface area contributed by atoms with Crippen molar-refractivity contribution in [2.24, 2.45) is 0 Å². The molecule has 1 unspecified atom stereocenters. The third kappa shape index (κ3) is 3.78. The van der Waals surface area contributed by atoms with Gasteiger partial charge in [-0.05, 0) is 42.3 Å². The molecule has 0 aromatic heterocycles. The number of aliphatic hydroxyl groups is 1. The second-order valence-electron chi connectivity index (χ2n) is 4.50. The number of ether oxygens (including phenoxy) is 1. The Morgan fingerprint density at radius 2 is 1.65 bits per heavy atom. The number of halogens is 2. The lowest BCUT2D eigenvalue weighted by molar-refractivity contribution is 0.178. The lowest BCUT2D eigenvalue weighted by Gasteiger charge is -2.12. The normalized spacial score (nSPS) is 12.2. The maximum Gasteiger partial charge on any atom is 0.126 e. The highest BCUT2D eigenvalue weighted by Gasteiger charge is 2.10. The number of rotatable bonds is 5. The molecule has 20 heavy (non-hydrogen) atoms. The first-order valence-electron chi connectivity index (χ1n) is 6.44. The summed E-state index contributed by atoms with van der Waals surface area (Å²) in [6.45, 7) is 2.46. The molecule has 2 rings (SSSR count). The Balaban J connectivity index is 2.08. The van der Waals surface area contributed by atoms with Crippen LogP contribution in [0.4, 0.5) is 8.78 Å². The van der Waals surface area contributed by atoms with Crippen molar-refractivity contribution in [3.8, 4) is 5.75 Å². The lowest BCUT2D eigenvalue weighted by Crippen LogP contribution is -2.03. The molecule has 0 aliphatic heterocycles. The van der Waals surface area contributed by atoms with Gasteiger partial charge in [0, 0.05) is 12.5 Å². The smallest absolute Gasteiger partial charge is 0.126 e. The third-order valence-corrected chi connectivity index (χ3v) is 2.93. The standard InChI is InChI=1S/C16H16F2O2/c1-2-20-15-5-3-12(4-6-15)16(19)9-11-7-13(17)10-14(18)8-11/h3-8,10,16,19H,2,9H2,1H3. The minimum atomic E-state index is -0.813. The second-order valence-corrected chi connectivity index (χ2v) is 4.50. The Kier molecular flexibility index (Phi) is 4.69. The lowest BCUT2D eigenvalue weighted by atomic mass is 10.0. The number of hydrogen-bond donors (Lipinski definition) is 1. The topological polar surface area (TPSA) is 29.5 Å². The van der Waals surface area contributed by atoms with Gasteiger partial charge in [-0.15, -0.1) is 0 Å². The molecule has 2 aromatic carbocycles. The van der Waals surface area contributed by atoms with Crippen LogP contribution >= 0.6 is 0 Å². The molecule has 0 radical (unpaired) electrons. The van der Waals surface area contributed by atoms with Gasteiger partial charge >= 0.3 is 0 Å². The third-order valence-electron chi connectivity index (χ3n) is 2.93. The Labute approximate surface area is 116 Å². The Morgan fingerprint density at radius 1 is 1.05 bits per heavy atom. The Bertz CT molecular complexity index is 547. The summed E-state index contributed by atoms with van der Waals surface area (Å²) >= 11 is 0. The molecular formula is C16H16F2O2. The van der Waals surface area contributed by atoms with Crippen molar-refractivity contribution in [1.82, 2.24) is 0 Å². The summed E-state index contributed by atoms with van der Waals surface area (Å²) in [5, 5.41) is 10.1. The van der Waals surface area contributed by atoms with Crippen molar-refractivity contribution in [3.63, 3.8) is 0 Å². The highest BCUT2D eigenvalue weighted by atomic mass is 19.1. The minimum Gasteiger partial charge on any atom is -0.494 e. The molecule has 0 amide bonds. The molecule has 2 aromatic rings. The van der Waals surface area contributed by atoms with E-state index in [1.807, 2.05) is 6.92 Å². The molecule has 0 saturated carbocycles. The van der Waals surface area contributed by atoms with Crippen LogP contribution in [0.25, 0.3) is 0 Å². The molecule has 4 heteroatoms. The van der Waals surface area contributed by atoms with E-state index in [1.54, 1.807) is 24.3 Å². The zero-order valence-electron chi connectivity index (χ0n) is 11.1. The number of aliphatic hydroxyl groups excluding tert-OH is 1.